The molecule has 1 atom stereocenters. The maximum Gasteiger partial charge on any atom is 0.319 e. The fourth-order valence-electron chi connectivity index (χ4n) is 3.50. The minimum Gasteiger partial charge on any atom is -0.379 e. The maximum atomic E-state index is 12.6. The normalized spacial score (nSPS) is 22.7. The highest BCUT2D eigenvalue weighted by atomic mass is 32.2. The van der Waals surface area contributed by atoms with Gasteiger partial charge in [-0.3, -0.25) is 9.69 Å². The molecule has 1 aromatic carbocycles. The molecule has 9 heteroatoms. The lowest BCUT2D eigenvalue weighted by atomic mass is 9.95. The van der Waals surface area contributed by atoms with E-state index in [0.717, 1.165) is 54.8 Å². The van der Waals surface area contributed by atoms with Crippen LogP contribution >= 0.6 is 23.5 Å². The summed E-state index contributed by atoms with van der Waals surface area (Å²) in [5.41, 5.74) is 5.96. The Bertz CT molecular complexity index is 677. The van der Waals surface area contributed by atoms with E-state index in [2.05, 4.69) is 15.5 Å². The van der Waals surface area contributed by atoms with Crippen LogP contribution in [0.2, 0.25) is 0 Å². The van der Waals surface area contributed by atoms with Crippen LogP contribution in [0.1, 0.15) is 12.8 Å². The fourth-order valence-corrected chi connectivity index (χ4v) is 5.95. The van der Waals surface area contributed by atoms with Gasteiger partial charge in [-0.2, -0.15) is 11.8 Å². The van der Waals surface area contributed by atoms with Crippen LogP contribution in [-0.2, 0) is 9.53 Å². The minimum atomic E-state index is -0.321. The van der Waals surface area contributed by atoms with Crippen LogP contribution in [-0.4, -0.2) is 72.5 Å². The Morgan fingerprint density at radius 1 is 1.29 bits per heavy atom. The third kappa shape index (κ3) is 5.79. The van der Waals surface area contributed by atoms with Crippen molar-refractivity contribution in [3.8, 4) is 0 Å². The van der Waals surface area contributed by atoms with Gasteiger partial charge in [0.25, 0.3) is 0 Å². The van der Waals surface area contributed by atoms with E-state index in [4.69, 9.17) is 10.5 Å². The van der Waals surface area contributed by atoms with Gasteiger partial charge in [0.15, 0.2) is 0 Å². The van der Waals surface area contributed by atoms with E-state index in [9.17, 15) is 9.59 Å². The van der Waals surface area contributed by atoms with E-state index in [1.807, 2.05) is 36.0 Å². The number of nitrogens with zero attached hydrogens (tertiary/aromatic N) is 1. The zero-order valence-corrected chi connectivity index (χ0v) is 17.6. The number of ether oxygens (including phenoxy) is 1. The van der Waals surface area contributed by atoms with E-state index in [0.29, 0.717) is 18.7 Å². The fraction of sp³-hybridized carbons (Fsp3) is 0.579. The molecule has 0 spiro atoms. The van der Waals surface area contributed by atoms with Crippen LogP contribution in [0, 0.1) is 0 Å². The number of nitrogens with one attached hydrogen (secondary N) is 2. The zero-order chi connectivity index (χ0) is 19.8. The van der Waals surface area contributed by atoms with E-state index in [1.54, 1.807) is 0 Å². The smallest absolute Gasteiger partial charge is 0.319 e. The highest BCUT2D eigenvalue weighted by molar-refractivity contribution is 7.99. The van der Waals surface area contributed by atoms with Gasteiger partial charge in [0.05, 0.1) is 18.9 Å². The van der Waals surface area contributed by atoms with Crippen LogP contribution in [0.3, 0.4) is 0 Å². The number of rotatable bonds is 8. The van der Waals surface area contributed by atoms with Gasteiger partial charge in [-0.15, -0.1) is 11.8 Å². The van der Waals surface area contributed by atoms with Gasteiger partial charge >= 0.3 is 6.03 Å². The van der Waals surface area contributed by atoms with E-state index in [-0.39, 0.29) is 17.5 Å². The SMILES string of the molecule is NC(=O)CCSc1ccccc1NC(=O)NCC1(N2CCOCC2)CCSC1. The molecule has 7 nitrogen and oxygen atoms in total. The lowest BCUT2D eigenvalue weighted by Crippen LogP contribution is -2.59. The van der Waals surface area contributed by atoms with Crippen molar-refractivity contribution in [2.75, 3.05) is 55.4 Å². The summed E-state index contributed by atoms with van der Waals surface area (Å²) in [5.74, 6) is 2.43. The van der Waals surface area contributed by atoms with Crippen LogP contribution in [0.15, 0.2) is 29.2 Å². The maximum absolute atomic E-state index is 12.6. The molecular weight excluding hydrogens is 396 g/mol. The van der Waals surface area contributed by atoms with Crippen molar-refractivity contribution in [3.05, 3.63) is 24.3 Å². The molecule has 4 N–H and O–H groups in total. The number of carbonyl (C=O) groups is 2. The molecule has 2 heterocycles. The predicted octanol–water partition coefficient (Wildman–Crippen LogP) is 1.98. The second-order valence-electron chi connectivity index (χ2n) is 6.99. The van der Waals surface area contributed by atoms with Crippen molar-refractivity contribution >= 4 is 41.1 Å². The van der Waals surface area contributed by atoms with Crippen LogP contribution in [0.25, 0.3) is 0 Å². The largest absolute Gasteiger partial charge is 0.379 e. The molecule has 1 aromatic rings. The average Bonchev–Trinajstić information content (AvgIpc) is 3.18. The molecule has 2 saturated heterocycles. The summed E-state index contributed by atoms with van der Waals surface area (Å²) in [7, 11) is 0. The molecule has 28 heavy (non-hydrogen) atoms. The van der Waals surface area contributed by atoms with Gasteiger partial charge in [-0.1, -0.05) is 12.1 Å². The third-order valence-electron chi connectivity index (χ3n) is 5.08. The first-order valence-electron chi connectivity index (χ1n) is 9.55. The predicted molar refractivity (Wildman–Crippen MR) is 115 cm³/mol. The highest BCUT2D eigenvalue weighted by Gasteiger charge is 2.40. The van der Waals surface area contributed by atoms with Crippen molar-refractivity contribution in [1.29, 1.82) is 0 Å². The Hall–Kier alpha value is -1.42. The first-order chi connectivity index (χ1) is 13.6. The van der Waals surface area contributed by atoms with E-state index in [1.165, 1.54) is 11.8 Å². The highest BCUT2D eigenvalue weighted by Crippen LogP contribution is 2.33. The number of amides is 3. The second kappa shape index (κ2) is 10.4. The summed E-state index contributed by atoms with van der Waals surface area (Å²) >= 11 is 3.46. The summed E-state index contributed by atoms with van der Waals surface area (Å²) in [6, 6.07) is 7.40. The molecule has 154 valence electrons. The van der Waals surface area contributed by atoms with Gasteiger partial charge in [0.2, 0.25) is 5.91 Å². The topological polar surface area (TPSA) is 96.7 Å². The molecule has 3 amide bonds. The first kappa shape index (κ1) is 21.3. The molecular formula is C19H28N4O3S2. The third-order valence-corrected chi connectivity index (χ3v) is 7.39. The number of urea groups is 1. The number of morpholine rings is 1. The van der Waals surface area contributed by atoms with E-state index >= 15 is 0 Å². The summed E-state index contributed by atoms with van der Waals surface area (Å²) in [5, 5.41) is 6.04. The molecule has 0 bridgehead atoms. The summed E-state index contributed by atoms with van der Waals surface area (Å²) in [4.78, 5) is 26.9. The number of primary amides is 1. The van der Waals surface area contributed by atoms with Crippen LogP contribution in [0.5, 0.6) is 0 Å². The molecule has 0 aliphatic carbocycles. The number of para-hydroxylation sites is 1. The lowest BCUT2D eigenvalue weighted by molar-refractivity contribution is -0.117. The van der Waals surface area contributed by atoms with Gasteiger partial charge in [-0.25, -0.2) is 4.79 Å². The first-order valence-corrected chi connectivity index (χ1v) is 11.7. The Morgan fingerprint density at radius 3 is 2.79 bits per heavy atom. The second-order valence-corrected chi connectivity index (χ2v) is 9.24. The number of hydrogen-bond acceptors (Lipinski definition) is 6. The minimum absolute atomic E-state index is 0.0154. The molecule has 0 aromatic heterocycles. The van der Waals surface area contributed by atoms with Crippen molar-refractivity contribution in [2.45, 2.75) is 23.3 Å². The van der Waals surface area contributed by atoms with Crippen LogP contribution < -0.4 is 16.4 Å². The molecule has 0 saturated carbocycles. The van der Waals surface area contributed by atoms with Gasteiger partial charge in [0, 0.05) is 48.0 Å². The molecule has 2 fully saturated rings. The summed E-state index contributed by atoms with van der Waals surface area (Å²) < 4.78 is 5.49. The Balaban J connectivity index is 1.55. The number of anilines is 1. The number of nitrogens with two attached hydrogens (primary N) is 1. The van der Waals surface area contributed by atoms with Gasteiger partial charge < -0.3 is 21.1 Å². The number of carbonyl (C=O) groups excluding carboxylic acids is 2. The average molecular weight is 425 g/mol. The van der Waals surface area contributed by atoms with Crippen molar-refractivity contribution in [1.82, 2.24) is 10.2 Å². The molecule has 2 aliphatic rings. The number of thioether (sulfide) groups is 2. The zero-order valence-electron chi connectivity index (χ0n) is 15.9. The van der Waals surface area contributed by atoms with Crippen LogP contribution in [0.4, 0.5) is 10.5 Å². The van der Waals surface area contributed by atoms with Gasteiger partial charge in [-0.05, 0) is 24.3 Å². The van der Waals surface area contributed by atoms with Crippen molar-refractivity contribution in [2.24, 2.45) is 5.73 Å². The molecule has 3 rings (SSSR count). The molecule has 1 unspecified atom stereocenters. The Morgan fingerprint density at radius 2 is 2.07 bits per heavy atom. The Kier molecular flexibility index (Phi) is 7.90. The summed E-state index contributed by atoms with van der Waals surface area (Å²) in [6.45, 7) is 3.98. The number of hydrogen-bond donors (Lipinski definition) is 3. The van der Waals surface area contributed by atoms with Crippen molar-refractivity contribution < 1.29 is 14.3 Å². The lowest BCUT2D eigenvalue weighted by Gasteiger charge is -2.43. The Labute approximate surface area is 174 Å². The molecule has 2 aliphatic heterocycles. The van der Waals surface area contributed by atoms with Crippen molar-refractivity contribution in [3.63, 3.8) is 0 Å². The van der Waals surface area contributed by atoms with E-state index < -0.39 is 0 Å². The molecule has 0 radical (unpaired) electrons. The standard InChI is InChI=1S/C19H28N4O3S2/c20-17(24)5-11-28-16-4-2-1-3-15(16)22-18(25)21-13-19(6-12-27-14-19)23-7-9-26-10-8-23/h1-4H,5-14H2,(H2,20,24)(H2,21,22,25). The number of benzene rings is 1. The summed E-state index contributed by atoms with van der Waals surface area (Å²) in [6.07, 6.45) is 1.39. The quantitative estimate of drug-likeness (QED) is 0.552. The van der Waals surface area contributed by atoms with Gasteiger partial charge in [0.1, 0.15) is 0 Å². The monoisotopic (exact) mass is 424 g/mol.